The van der Waals surface area contributed by atoms with E-state index in [2.05, 4.69) is 13.8 Å². The first-order chi connectivity index (χ1) is 26.5. The van der Waals surface area contributed by atoms with E-state index in [0.29, 0.717) is 24.7 Å². The fourth-order valence-corrected chi connectivity index (χ4v) is 11.2. The van der Waals surface area contributed by atoms with E-state index in [1.807, 2.05) is 13.0 Å². The Morgan fingerprint density at radius 1 is 0.893 bits per heavy atom. The molecule has 6 aliphatic rings. The van der Waals surface area contributed by atoms with Gasteiger partial charge in [-0.1, -0.05) is 19.4 Å². The number of rotatable bonds is 9. The highest BCUT2D eigenvalue weighted by Crippen LogP contribution is 2.67. The standard InChI is InChI=1S/C41H58O15/c1-18(25-16-26(43)30-23-8-7-21-15-22(42)10-12-40(21,3)24(23)11-13-41(25,30)4)53-38-36(49)34(47)32(45)29(56-38)17-52-37(50)20-6-9-27(28(14-20)51-5)55-39-35(48)33(46)31(44)19(2)54-39/h6,9,14-15,18-19,23-26,29-36,38-39,43-49H,7-8,10-13,16-17H2,1-5H3/t18-,19+,23+,24-,25+,26-,29+,30+,31+,32+,33-,34-,35-,36+,38+,39+,40-,41+/m0/s1. The van der Waals surface area contributed by atoms with Crippen molar-refractivity contribution in [2.45, 2.75) is 146 Å². The van der Waals surface area contributed by atoms with Crippen LogP contribution in [0.3, 0.4) is 0 Å². The summed E-state index contributed by atoms with van der Waals surface area (Å²) >= 11 is 0. The Hall–Kier alpha value is -2.70. The lowest BCUT2D eigenvalue weighted by atomic mass is 9.46. The molecule has 2 heterocycles. The molecule has 0 radical (unpaired) electrons. The number of esters is 1. The molecule has 15 heteroatoms. The zero-order valence-corrected chi connectivity index (χ0v) is 32.6. The van der Waals surface area contributed by atoms with Crippen molar-refractivity contribution in [3.63, 3.8) is 0 Å². The number of ether oxygens (including phenoxy) is 6. The first-order valence-corrected chi connectivity index (χ1v) is 20.0. The van der Waals surface area contributed by atoms with Gasteiger partial charge in [-0.15, -0.1) is 0 Å². The van der Waals surface area contributed by atoms with Crippen LogP contribution in [0.25, 0.3) is 0 Å². The maximum absolute atomic E-state index is 13.2. The average molecular weight is 791 g/mol. The van der Waals surface area contributed by atoms with Crippen LogP contribution in [0.15, 0.2) is 29.8 Å². The Morgan fingerprint density at radius 2 is 1.61 bits per heavy atom. The summed E-state index contributed by atoms with van der Waals surface area (Å²) in [6, 6.07) is 4.07. The van der Waals surface area contributed by atoms with Gasteiger partial charge >= 0.3 is 5.97 Å². The zero-order chi connectivity index (χ0) is 40.4. The molecule has 312 valence electrons. The predicted molar refractivity (Wildman–Crippen MR) is 195 cm³/mol. The molecular formula is C41H58O15. The third-order valence-corrected chi connectivity index (χ3v) is 14.4. The van der Waals surface area contributed by atoms with Gasteiger partial charge in [0.05, 0.1) is 31.0 Å². The fourth-order valence-electron chi connectivity index (χ4n) is 11.2. The molecule has 56 heavy (non-hydrogen) atoms. The van der Waals surface area contributed by atoms with E-state index in [4.69, 9.17) is 28.4 Å². The van der Waals surface area contributed by atoms with Crippen LogP contribution in [0.2, 0.25) is 0 Å². The highest BCUT2D eigenvalue weighted by Gasteiger charge is 2.63. The van der Waals surface area contributed by atoms with Crippen molar-refractivity contribution in [3.8, 4) is 11.5 Å². The number of benzene rings is 1. The second kappa shape index (κ2) is 15.8. The zero-order valence-electron chi connectivity index (χ0n) is 32.6. The van der Waals surface area contributed by atoms with Crippen molar-refractivity contribution in [3.05, 3.63) is 35.4 Å². The fraction of sp³-hybridized carbons (Fsp3) is 0.756. The third kappa shape index (κ3) is 7.20. The molecule has 5 fully saturated rings. The van der Waals surface area contributed by atoms with Gasteiger partial charge in [0.15, 0.2) is 23.6 Å². The van der Waals surface area contributed by atoms with Gasteiger partial charge in [-0.2, -0.15) is 0 Å². The molecule has 0 unspecified atom stereocenters. The summed E-state index contributed by atoms with van der Waals surface area (Å²) in [6.07, 6.45) is -7.68. The van der Waals surface area contributed by atoms with Crippen LogP contribution in [0, 0.1) is 34.5 Å². The topological polar surface area (TPSA) is 231 Å². The van der Waals surface area contributed by atoms with Crippen molar-refractivity contribution < 1.29 is 73.8 Å². The number of hydrogen-bond donors (Lipinski definition) is 7. The number of ketones is 1. The Labute approximate surface area is 326 Å². The molecule has 2 saturated heterocycles. The van der Waals surface area contributed by atoms with Crippen molar-refractivity contribution in [1.29, 1.82) is 0 Å². The predicted octanol–water partition coefficient (Wildman–Crippen LogP) is 1.39. The smallest absolute Gasteiger partial charge is 0.338 e. The molecule has 7 N–H and O–H groups in total. The van der Waals surface area contributed by atoms with Crippen molar-refractivity contribution in [2.75, 3.05) is 13.7 Å². The van der Waals surface area contributed by atoms with Gasteiger partial charge in [0, 0.05) is 6.42 Å². The summed E-state index contributed by atoms with van der Waals surface area (Å²) in [5.41, 5.74) is 0.992. The Morgan fingerprint density at radius 3 is 2.34 bits per heavy atom. The molecule has 1 aromatic rings. The number of aliphatic hydroxyl groups is 7. The number of methoxy groups -OCH3 is 1. The van der Waals surface area contributed by atoms with E-state index in [1.165, 1.54) is 37.8 Å². The molecule has 3 saturated carbocycles. The van der Waals surface area contributed by atoms with Gasteiger partial charge < -0.3 is 64.2 Å². The molecule has 0 amide bonds. The summed E-state index contributed by atoms with van der Waals surface area (Å²) in [7, 11) is 1.33. The van der Waals surface area contributed by atoms with Gasteiger partial charge in [0.1, 0.15) is 49.3 Å². The molecule has 4 aliphatic carbocycles. The summed E-state index contributed by atoms with van der Waals surface area (Å²) < 4.78 is 34.4. The normalized spacial score (nSPS) is 45.5. The van der Waals surface area contributed by atoms with Crippen molar-refractivity contribution in [2.24, 2.45) is 34.5 Å². The molecule has 1 aromatic carbocycles. The van der Waals surface area contributed by atoms with Crippen LogP contribution < -0.4 is 9.47 Å². The Kier molecular flexibility index (Phi) is 11.7. The summed E-state index contributed by atoms with van der Waals surface area (Å²) in [6.45, 7) is 7.42. The molecule has 2 aliphatic heterocycles. The number of carbonyl (C=O) groups is 2. The lowest BCUT2D eigenvalue weighted by Crippen LogP contribution is -2.60. The first-order valence-electron chi connectivity index (χ1n) is 20.0. The number of fused-ring (bicyclic) bond motifs is 5. The monoisotopic (exact) mass is 790 g/mol. The van der Waals surface area contributed by atoms with Crippen LogP contribution in [0.1, 0.15) is 83.0 Å². The van der Waals surface area contributed by atoms with E-state index < -0.39 is 86.2 Å². The van der Waals surface area contributed by atoms with Crippen LogP contribution in [-0.4, -0.2) is 135 Å². The summed E-state index contributed by atoms with van der Waals surface area (Å²) in [5.74, 6) is 0.171. The number of hydrogen-bond acceptors (Lipinski definition) is 15. The number of allylic oxidation sites excluding steroid dienone is 1. The quantitative estimate of drug-likeness (QED) is 0.175. The van der Waals surface area contributed by atoms with Crippen molar-refractivity contribution >= 4 is 11.8 Å². The first kappa shape index (κ1) is 41.5. The van der Waals surface area contributed by atoms with Crippen molar-refractivity contribution in [1.82, 2.24) is 0 Å². The lowest BCUT2D eigenvalue weighted by Gasteiger charge is -2.58. The molecule has 15 nitrogen and oxygen atoms in total. The SMILES string of the molecule is COc1cc(C(=O)OC[C@H]2O[C@@H](O[C@@H](C)[C@H]3C[C@H](O)[C@H]4[C@@H]5CCC6=CC(=O)CC[C@]6(C)[C@H]5CC[C@@]43C)[C@H](O)[C@@H](O)[C@@H]2O)ccc1O[C@H]1O[C@H](C)[C@@H](O)[C@H](O)[C@@H]1O. The van der Waals surface area contributed by atoms with Gasteiger partial charge in [-0.25, -0.2) is 4.79 Å². The second-order valence-corrected chi connectivity index (χ2v) is 17.5. The van der Waals surface area contributed by atoms with E-state index in [9.17, 15) is 45.3 Å². The van der Waals surface area contributed by atoms with Gasteiger partial charge in [-0.3, -0.25) is 4.79 Å². The number of carbonyl (C=O) groups excluding carboxylic acids is 2. The maximum atomic E-state index is 13.2. The van der Waals surface area contributed by atoms with Crippen LogP contribution >= 0.6 is 0 Å². The third-order valence-electron chi connectivity index (χ3n) is 14.4. The highest BCUT2D eigenvalue weighted by atomic mass is 16.7. The largest absolute Gasteiger partial charge is 0.493 e. The summed E-state index contributed by atoms with van der Waals surface area (Å²) in [4.78, 5) is 25.4. The van der Waals surface area contributed by atoms with Gasteiger partial charge in [0.2, 0.25) is 6.29 Å². The Balaban J connectivity index is 0.981. The van der Waals surface area contributed by atoms with Gasteiger partial charge in [0.25, 0.3) is 0 Å². The number of aliphatic hydroxyl groups excluding tert-OH is 7. The lowest BCUT2D eigenvalue weighted by molar-refractivity contribution is -0.315. The second-order valence-electron chi connectivity index (χ2n) is 17.5. The minimum absolute atomic E-state index is 0.0314. The van der Waals surface area contributed by atoms with E-state index in [1.54, 1.807) is 0 Å². The molecule has 0 bridgehead atoms. The Bertz CT molecular complexity index is 1650. The van der Waals surface area contributed by atoms with Crippen LogP contribution in [0.5, 0.6) is 11.5 Å². The molecule has 18 atom stereocenters. The molecule has 7 rings (SSSR count). The summed E-state index contributed by atoms with van der Waals surface area (Å²) in [5, 5.41) is 74.7. The van der Waals surface area contributed by atoms with E-state index in [0.717, 1.165) is 32.1 Å². The average Bonchev–Trinajstić information content (AvgIpc) is 3.46. The van der Waals surface area contributed by atoms with Crippen LogP contribution in [0.4, 0.5) is 0 Å². The minimum Gasteiger partial charge on any atom is -0.493 e. The van der Waals surface area contributed by atoms with E-state index >= 15 is 0 Å². The molecular weight excluding hydrogens is 732 g/mol. The minimum atomic E-state index is -1.67. The van der Waals surface area contributed by atoms with Gasteiger partial charge in [-0.05, 0) is 111 Å². The highest BCUT2D eigenvalue weighted by molar-refractivity contribution is 5.91. The van der Waals surface area contributed by atoms with Crippen LogP contribution in [-0.2, 0) is 23.7 Å². The van der Waals surface area contributed by atoms with E-state index in [-0.39, 0.29) is 45.5 Å². The molecule has 0 spiro atoms. The molecule has 0 aromatic heterocycles. The maximum Gasteiger partial charge on any atom is 0.338 e.